The summed E-state index contributed by atoms with van der Waals surface area (Å²) in [5.41, 5.74) is 0.784. The molecule has 2 aromatic rings. The van der Waals surface area contributed by atoms with Crippen LogP contribution in [0.3, 0.4) is 0 Å². The van der Waals surface area contributed by atoms with Gasteiger partial charge in [-0.05, 0) is 17.5 Å². The molecule has 0 radical (unpaired) electrons. The molecule has 25 heavy (non-hydrogen) atoms. The Bertz CT molecular complexity index is 748. The van der Waals surface area contributed by atoms with Crippen molar-refractivity contribution in [3.8, 4) is 5.88 Å². The summed E-state index contributed by atoms with van der Waals surface area (Å²) in [4.78, 5) is 31.6. The molecule has 0 saturated heterocycles. The summed E-state index contributed by atoms with van der Waals surface area (Å²) < 4.78 is 10.4. The number of Topliss-reactive ketones (excluding diaryl/α,β-unsaturated/α-hetero) is 1. The molecule has 8 heteroatoms. The van der Waals surface area contributed by atoms with E-state index in [0.29, 0.717) is 37.9 Å². The van der Waals surface area contributed by atoms with Gasteiger partial charge in [-0.15, -0.1) is 11.3 Å². The SMILES string of the molecule is COCCOc1ccc2c(n1)C(=O)CCN2C(=O)NCc1cccs1. The van der Waals surface area contributed by atoms with Crippen molar-refractivity contribution in [2.45, 2.75) is 13.0 Å². The Kier molecular flexibility index (Phi) is 5.62. The van der Waals surface area contributed by atoms with Crippen LogP contribution in [0.2, 0.25) is 0 Å². The van der Waals surface area contributed by atoms with E-state index >= 15 is 0 Å². The maximum atomic E-state index is 12.5. The normalized spacial score (nSPS) is 13.5. The summed E-state index contributed by atoms with van der Waals surface area (Å²) in [7, 11) is 1.58. The van der Waals surface area contributed by atoms with E-state index in [0.717, 1.165) is 4.88 Å². The van der Waals surface area contributed by atoms with E-state index in [1.807, 2.05) is 17.5 Å². The molecule has 1 N–H and O–H groups in total. The van der Waals surface area contributed by atoms with Gasteiger partial charge in [-0.3, -0.25) is 9.69 Å². The van der Waals surface area contributed by atoms with Crippen LogP contribution in [0.1, 0.15) is 21.8 Å². The summed E-state index contributed by atoms with van der Waals surface area (Å²) >= 11 is 1.58. The zero-order chi connectivity index (χ0) is 17.6. The lowest BCUT2D eigenvalue weighted by Crippen LogP contribution is -2.43. The van der Waals surface area contributed by atoms with Gasteiger partial charge in [-0.1, -0.05) is 6.07 Å². The van der Waals surface area contributed by atoms with Crippen LogP contribution in [-0.4, -0.2) is 43.7 Å². The summed E-state index contributed by atoms with van der Waals surface area (Å²) in [5.74, 6) is 0.263. The number of carbonyl (C=O) groups excluding carboxylic acids is 2. The van der Waals surface area contributed by atoms with Crippen molar-refractivity contribution in [3.05, 3.63) is 40.2 Å². The molecule has 2 aromatic heterocycles. The van der Waals surface area contributed by atoms with Crippen LogP contribution in [0.25, 0.3) is 0 Å². The Morgan fingerprint density at radius 2 is 2.24 bits per heavy atom. The number of pyridine rings is 1. The number of nitrogens with one attached hydrogen (secondary N) is 1. The zero-order valence-corrected chi connectivity index (χ0v) is 14.7. The summed E-state index contributed by atoms with van der Waals surface area (Å²) in [6, 6.07) is 7.02. The van der Waals surface area contributed by atoms with Gasteiger partial charge >= 0.3 is 6.03 Å². The summed E-state index contributed by atoms with van der Waals surface area (Å²) in [5, 5.41) is 4.84. The van der Waals surface area contributed by atoms with Crippen LogP contribution in [0, 0.1) is 0 Å². The number of fused-ring (bicyclic) bond motifs is 1. The third-order valence-corrected chi connectivity index (χ3v) is 4.62. The highest BCUT2D eigenvalue weighted by Gasteiger charge is 2.29. The minimum absolute atomic E-state index is 0.0884. The molecule has 0 atom stereocenters. The van der Waals surface area contributed by atoms with Crippen LogP contribution in [0.15, 0.2) is 29.6 Å². The Balaban J connectivity index is 1.72. The number of nitrogens with zero attached hydrogens (tertiary/aromatic N) is 2. The molecule has 0 aromatic carbocycles. The van der Waals surface area contributed by atoms with Gasteiger partial charge in [0.15, 0.2) is 5.78 Å². The molecule has 0 saturated carbocycles. The van der Waals surface area contributed by atoms with Crippen molar-refractivity contribution >= 4 is 28.8 Å². The predicted octanol–water partition coefficient (Wildman–Crippen LogP) is 2.47. The van der Waals surface area contributed by atoms with Crippen LogP contribution >= 0.6 is 11.3 Å². The largest absolute Gasteiger partial charge is 0.475 e. The van der Waals surface area contributed by atoms with Crippen LogP contribution < -0.4 is 15.0 Å². The molecular formula is C17H19N3O4S. The maximum absolute atomic E-state index is 12.5. The second-order valence-corrected chi connectivity index (χ2v) is 6.45. The third kappa shape index (κ3) is 4.15. The van der Waals surface area contributed by atoms with Crippen LogP contribution in [0.5, 0.6) is 5.88 Å². The van der Waals surface area contributed by atoms with E-state index in [-0.39, 0.29) is 23.9 Å². The second-order valence-electron chi connectivity index (χ2n) is 5.42. The fourth-order valence-electron chi connectivity index (χ4n) is 2.50. The van der Waals surface area contributed by atoms with Crippen molar-refractivity contribution in [2.75, 3.05) is 31.8 Å². The second kappa shape index (κ2) is 8.09. The van der Waals surface area contributed by atoms with E-state index in [1.165, 1.54) is 0 Å². The van der Waals surface area contributed by atoms with Gasteiger partial charge in [-0.25, -0.2) is 9.78 Å². The first-order valence-corrected chi connectivity index (χ1v) is 8.80. The molecule has 0 bridgehead atoms. The van der Waals surface area contributed by atoms with E-state index in [2.05, 4.69) is 10.3 Å². The smallest absolute Gasteiger partial charge is 0.322 e. The van der Waals surface area contributed by atoms with Gasteiger partial charge in [-0.2, -0.15) is 0 Å². The molecule has 1 aliphatic rings. The number of urea groups is 1. The Labute approximate surface area is 149 Å². The van der Waals surface area contributed by atoms with Crippen molar-refractivity contribution in [1.82, 2.24) is 10.3 Å². The first-order chi connectivity index (χ1) is 12.2. The van der Waals surface area contributed by atoms with Gasteiger partial charge in [0.25, 0.3) is 0 Å². The van der Waals surface area contributed by atoms with Crippen LogP contribution in [0.4, 0.5) is 10.5 Å². The quantitative estimate of drug-likeness (QED) is 0.800. The van der Waals surface area contributed by atoms with Crippen molar-refractivity contribution < 1.29 is 19.1 Å². The number of hydrogen-bond donors (Lipinski definition) is 1. The molecule has 3 heterocycles. The molecule has 3 rings (SSSR count). The summed E-state index contributed by atoms with van der Waals surface area (Å²) in [6.45, 7) is 1.58. The lowest BCUT2D eigenvalue weighted by Gasteiger charge is -2.28. The maximum Gasteiger partial charge on any atom is 0.322 e. The fourth-order valence-corrected chi connectivity index (χ4v) is 3.15. The average Bonchev–Trinajstić information content (AvgIpc) is 3.14. The molecular weight excluding hydrogens is 342 g/mol. The number of anilines is 1. The Morgan fingerprint density at radius 3 is 3.00 bits per heavy atom. The van der Waals surface area contributed by atoms with Gasteiger partial charge in [0.05, 0.1) is 18.8 Å². The highest BCUT2D eigenvalue weighted by molar-refractivity contribution is 7.09. The number of amides is 2. The van der Waals surface area contributed by atoms with Crippen molar-refractivity contribution in [1.29, 1.82) is 0 Å². The molecule has 0 fully saturated rings. The molecule has 1 aliphatic heterocycles. The number of hydrogen-bond acceptors (Lipinski definition) is 6. The topological polar surface area (TPSA) is 80.8 Å². The lowest BCUT2D eigenvalue weighted by molar-refractivity contribution is 0.0973. The molecule has 7 nitrogen and oxygen atoms in total. The lowest BCUT2D eigenvalue weighted by atomic mass is 10.1. The van der Waals surface area contributed by atoms with Crippen LogP contribution in [-0.2, 0) is 11.3 Å². The number of thiophene rings is 1. The van der Waals surface area contributed by atoms with E-state index in [4.69, 9.17) is 9.47 Å². The first kappa shape index (κ1) is 17.4. The van der Waals surface area contributed by atoms with Gasteiger partial charge in [0.1, 0.15) is 12.3 Å². The molecule has 2 amide bonds. The van der Waals surface area contributed by atoms with Gasteiger partial charge < -0.3 is 14.8 Å². The number of ether oxygens (including phenoxy) is 2. The molecule has 132 valence electrons. The van der Waals surface area contributed by atoms with Gasteiger partial charge in [0, 0.05) is 31.0 Å². The minimum atomic E-state index is -0.239. The Hall–Kier alpha value is -2.45. The average molecular weight is 361 g/mol. The standard InChI is InChI=1S/C17H19N3O4S/c1-23-8-9-24-15-5-4-13-16(19-15)14(21)6-7-20(13)17(22)18-11-12-3-2-10-25-12/h2-5,10H,6-9,11H2,1H3,(H,18,22). The molecule has 0 spiro atoms. The number of methoxy groups -OCH3 is 1. The third-order valence-electron chi connectivity index (χ3n) is 3.74. The summed E-state index contributed by atoms with van der Waals surface area (Å²) in [6.07, 6.45) is 0.244. The van der Waals surface area contributed by atoms with Gasteiger partial charge in [0.2, 0.25) is 5.88 Å². The number of ketones is 1. The fraction of sp³-hybridized carbons (Fsp3) is 0.353. The Morgan fingerprint density at radius 1 is 1.36 bits per heavy atom. The van der Waals surface area contributed by atoms with E-state index in [9.17, 15) is 9.59 Å². The monoisotopic (exact) mass is 361 g/mol. The van der Waals surface area contributed by atoms with Crippen molar-refractivity contribution in [2.24, 2.45) is 0 Å². The highest BCUT2D eigenvalue weighted by Crippen LogP contribution is 2.28. The van der Waals surface area contributed by atoms with E-state index < -0.39 is 0 Å². The first-order valence-electron chi connectivity index (χ1n) is 7.93. The molecule has 0 aliphatic carbocycles. The number of carbonyl (C=O) groups is 2. The molecule has 0 unspecified atom stereocenters. The zero-order valence-electron chi connectivity index (χ0n) is 13.9. The van der Waals surface area contributed by atoms with E-state index in [1.54, 1.807) is 35.5 Å². The number of rotatable bonds is 6. The predicted molar refractivity (Wildman–Crippen MR) is 94.5 cm³/mol. The van der Waals surface area contributed by atoms with Crippen molar-refractivity contribution in [3.63, 3.8) is 0 Å². The minimum Gasteiger partial charge on any atom is -0.475 e. The highest BCUT2D eigenvalue weighted by atomic mass is 32.1. The number of aromatic nitrogens is 1.